The molecule has 0 aliphatic carbocycles. The average molecular weight is 217 g/mol. The van der Waals surface area contributed by atoms with Crippen LogP contribution < -0.4 is 0 Å². The third-order valence-corrected chi connectivity index (χ3v) is 2.96. The van der Waals surface area contributed by atoms with Crippen LogP contribution in [0.5, 0.6) is 5.75 Å². The molecule has 2 nitrogen and oxygen atoms in total. The second kappa shape index (κ2) is 6.17. The normalized spacial score (nSPS) is 12.1. The molecule has 2 heteroatoms. The molecule has 1 rings (SSSR count). The van der Waals surface area contributed by atoms with Crippen LogP contribution in [-0.4, -0.2) is 5.11 Å². The predicted molar refractivity (Wildman–Crippen MR) is 65.4 cm³/mol. The number of benzene rings is 1. The maximum Gasteiger partial charge on any atom is 0.136 e. The Hall–Kier alpha value is -1.49. The molecule has 1 atom stereocenters. The number of unbranched alkanes of at least 4 members (excludes halogenated alkanes) is 2. The molecule has 16 heavy (non-hydrogen) atoms. The van der Waals surface area contributed by atoms with Crippen molar-refractivity contribution in [2.45, 2.75) is 45.4 Å². The lowest BCUT2D eigenvalue weighted by Crippen LogP contribution is -1.95. The van der Waals surface area contributed by atoms with Gasteiger partial charge in [0.15, 0.2) is 0 Å². The van der Waals surface area contributed by atoms with Gasteiger partial charge in [-0.15, -0.1) is 0 Å². The molecule has 1 unspecified atom stereocenters. The van der Waals surface area contributed by atoms with E-state index in [4.69, 9.17) is 5.26 Å². The lowest BCUT2D eigenvalue weighted by atomic mass is 9.93. The number of hydrogen-bond acceptors (Lipinski definition) is 2. The Morgan fingerprint density at radius 2 is 2.12 bits per heavy atom. The summed E-state index contributed by atoms with van der Waals surface area (Å²) in [6.45, 7) is 4.28. The fourth-order valence-corrected chi connectivity index (χ4v) is 1.91. The lowest BCUT2D eigenvalue weighted by molar-refractivity contribution is 0.456. The van der Waals surface area contributed by atoms with Crippen LogP contribution in [0, 0.1) is 11.3 Å². The average Bonchev–Trinajstić information content (AvgIpc) is 2.29. The summed E-state index contributed by atoms with van der Waals surface area (Å²) in [5, 5.41) is 18.7. The van der Waals surface area contributed by atoms with E-state index in [9.17, 15) is 5.11 Å². The number of nitrogens with zero attached hydrogens (tertiary/aromatic N) is 1. The molecule has 0 aliphatic heterocycles. The monoisotopic (exact) mass is 217 g/mol. The van der Waals surface area contributed by atoms with E-state index in [0.29, 0.717) is 11.5 Å². The van der Waals surface area contributed by atoms with Crippen LogP contribution in [0.4, 0.5) is 0 Å². The van der Waals surface area contributed by atoms with Crippen LogP contribution in [0.25, 0.3) is 0 Å². The Morgan fingerprint density at radius 3 is 2.75 bits per heavy atom. The number of rotatable bonds is 5. The number of aromatic hydroxyl groups is 1. The Bertz CT molecular complexity index is 379. The van der Waals surface area contributed by atoms with Crippen molar-refractivity contribution in [3.05, 3.63) is 29.3 Å². The van der Waals surface area contributed by atoms with E-state index >= 15 is 0 Å². The van der Waals surface area contributed by atoms with Crippen LogP contribution in [0.15, 0.2) is 18.2 Å². The van der Waals surface area contributed by atoms with E-state index < -0.39 is 0 Å². The number of hydrogen-bond donors (Lipinski definition) is 1. The molecule has 0 spiro atoms. The molecule has 0 amide bonds. The summed E-state index contributed by atoms with van der Waals surface area (Å²) in [7, 11) is 0. The van der Waals surface area contributed by atoms with Crippen molar-refractivity contribution in [3.63, 3.8) is 0 Å². The zero-order valence-corrected chi connectivity index (χ0v) is 10.0. The fraction of sp³-hybridized carbons (Fsp3) is 0.500. The van der Waals surface area contributed by atoms with Crippen LogP contribution in [-0.2, 0) is 0 Å². The van der Waals surface area contributed by atoms with Gasteiger partial charge in [0.2, 0.25) is 0 Å². The first-order chi connectivity index (χ1) is 7.70. The second-order valence-electron chi connectivity index (χ2n) is 4.25. The van der Waals surface area contributed by atoms with Gasteiger partial charge in [0.1, 0.15) is 11.8 Å². The first-order valence-electron chi connectivity index (χ1n) is 5.92. The van der Waals surface area contributed by atoms with Gasteiger partial charge in [-0.3, -0.25) is 0 Å². The van der Waals surface area contributed by atoms with Crippen molar-refractivity contribution in [1.29, 1.82) is 5.26 Å². The molecule has 1 N–H and O–H groups in total. The van der Waals surface area contributed by atoms with Gasteiger partial charge in [0.25, 0.3) is 0 Å². The summed E-state index contributed by atoms with van der Waals surface area (Å²) < 4.78 is 0. The zero-order valence-electron chi connectivity index (χ0n) is 10.0. The summed E-state index contributed by atoms with van der Waals surface area (Å²) in [6, 6.07) is 7.40. The number of phenols is 1. The number of phenolic OH excluding ortho intramolecular Hbond substituents is 1. The van der Waals surface area contributed by atoms with Crippen LogP contribution in [0.2, 0.25) is 0 Å². The molecule has 0 saturated heterocycles. The van der Waals surface area contributed by atoms with Crippen LogP contribution >= 0.6 is 0 Å². The molecule has 0 fully saturated rings. The lowest BCUT2D eigenvalue weighted by Gasteiger charge is -2.13. The third-order valence-electron chi connectivity index (χ3n) is 2.96. The minimum Gasteiger partial charge on any atom is -0.506 e. The maximum atomic E-state index is 9.89. The van der Waals surface area contributed by atoms with Crippen molar-refractivity contribution in [2.75, 3.05) is 0 Å². The maximum absolute atomic E-state index is 9.89. The Balaban J connectivity index is 2.76. The van der Waals surface area contributed by atoms with E-state index in [0.717, 1.165) is 12.0 Å². The van der Waals surface area contributed by atoms with E-state index in [1.54, 1.807) is 6.07 Å². The molecular weight excluding hydrogens is 198 g/mol. The summed E-state index contributed by atoms with van der Waals surface area (Å²) in [5.41, 5.74) is 1.27. The molecule has 1 aromatic carbocycles. The molecule has 86 valence electrons. The molecular formula is C14H19NO. The Kier molecular flexibility index (Phi) is 4.85. The van der Waals surface area contributed by atoms with Crippen molar-refractivity contribution in [3.8, 4) is 11.8 Å². The van der Waals surface area contributed by atoms with Gasteiger partial charge < -0.3 is 5.11 Å². The van der Waals surface area contributed by atoms with E-state index in [1.807, 2.05) is 18.2 Å². The molecule has 0 radical (unpaired) electrons. The number of para-hydroxylation sites is 1. The summed E-state index contributed by atoms with van der Waals surface area (Å²) in [5.74, 6) is 0.480. The van der Waals surface area contributed by atoms with Gasteiger partial charge in [0.05, 0.1) is 5.56 Å². The summed E-state index contributed by atoms with van der Waals surface area (Å²) in [4.78, 5) is 0. The van der Waals surface area contributed by atoms with E-state index in [2.05, 4.69) is 13.8 Å². The zero-order chi connectivity index (χ0) is 12.0. The van der Waals surface area contributed by atoms with Gasteiger partial charge >= 0.3 is 0 Å². The summed E-state index contributed by atoms with van der Waals surface area (Å²) >= 11 is 0. The number of nitriles is 1. The first-order valence-corrected chi connectivity index (χ1v) is 5.92. The van der Waals surface area contributed by atoms with E-state index in [-0.39, 0.29) is 5.75 Å². The van der Waals surface area contributed by atoms with Crippen molar-refractivity contribution in [2.24, 2.45) is 0 Å². The Morgan fingerprint density at radius 1 is 1.38 bits per heavy atom. The molecule has 0 bridgehead atoms. The first kappa shape index (κ1) is 12.6. The van der Waals surface area contributed by atoms with Crippen molar-refractivity contribution >= 4 is 0 Å². The van der Waals surface area contributed by atoms with Gasteiger partial charge in [-0.25, -0.2) is 0 Å². The van der Waals surface area contributed by atoms with Crippen LogP contribution in [0.3, 0.4) is 0 Å². The minimum atomic E-state index is 0.161. The molecule has 0 heterocycles. The highest BCUT2D eigenvalue weighted by Crippen LogP contribution is 2.31. The third kappa shape index (κ3) is 3.00. The quantitative estimate of drug-likeness (QED) is 0.759. The standard InChI is InChI=1S/C14H19NO/c1-3-4-5-7-11(2)13-9-6-8-12(10-15)14(13)16/h6,8-9,11,16H,3-5,7H2,1-2H3. The topological polar surface area (TPSA) is 44.0 Å². The van der Waals surface area contributed by atoms with Gasteiger partial charge in [-0.1, -0.05) is 45.2 Å². The highest BCUT2D eigenvalue weighted by atomic mass is 16.3. The molecule has 1 aromatic rings. The van der Waals surface area contributed by atoms with Gasteiger partial charge in [0, 0.05) is 0 Å². The largest absolute Gasteiger partial charge is 0.506 e. The highest BCUT2D eigenvalue weighted by molar-refractivity contribution is 5.48. The van der Waals surface area contributed by atoms with Crippen molar-refractivity contribution < 1.29 is 5.11 Å². The molecule has 0 aromatic heterocycles. The Labute approximate surface area is 97.5 Å². The van der Waals surface area contributed by atoms with E-state index in [1.165, 1.54) is 19.3 Å². The second-order valence-corrected chi connectivity index (χ2v) is 4.25. The van der Waals surface area contributed by atoms with Gasteiger partial charge in [-0.05, 0) is 24.0 Å². The van der Waals surface area contributed by atoms with Crippen molar-refractivity contribution in [1.82, 2.24) is 0 Å². The predicted octanol–water partition coefficient (Wildman–Crippen LogP) is 3.95. The SMILES string of the molecule is CCCCCC(C)c1cccc(C#N)c1O. The smallest absolute Gasteiger partial charge is 0.136 e. The van der Waals surface area contributed by atoms with Crippen LogP contribution in [0.1, 0.15) is 56.6 Å². The minimum absolute atomic E-state index is 0.161. The summed E-state index contributed by atoms with van der Waals surface area (Å²) in [6.07, 6.45) is 4.67. The van der Waals surface area contributed by atoms with Gasteiger partial charge in [-0.2, -0.15) is 5.26 Å². The highest BCUT2D eigenvalue weighted by Gasteiger charge is 2.12. The fourth-order valence-electron chi connectivity index (χ4n) is 1.91. The molecule has 0 aliphatic rings. The molecule has 0 saturated carbocycles.